The lowest BCUT2D eigenvalue weighted by molar-refractivity contribution is -0.389. The molecule has 0 bridgehead atoms. The van der Waals surface area contributed by atoms with Gasteiger partial charge < -0.3 is 25.3 Å². The molecule has 0 atom stereocenters. The Bertz CT molecular complexity index is 1170. The zero-order valence-corrected chi connectivity index (χ0v) is 16.5. The van der Waals surface area contributed by atoms with Gasteiger partial charge in [-0.2, -0.15) is 9.67 Å². The summed E-state index contributed by atoms with van der Waals surface area (Å²) in [5.74, 6) is -1.67. The summed E-state index contributed by atoms with van der Waals surface area (Å²) in [5.41, 5.74) is 0.613. The summed E-state index contributed by atoms with van der Waals surface area (Å²) in [6.07, 6.45) is 0. The third kappa shape index (κ3) is 5.26. The van der Waals surface area contributed by atoms with Gasteiger partial charge in [0.1, 0.15) is 6.54 Å². The summed E-state index contributed by atoms with van der Waals surface area (Å²) in [4.78, 5) is 48.2. The number of hydrogen-bond donors (Lipinski definition) is 2. The Morgan fingerprint density at radius 3 is 2.31 bits per heavy atom. The second kappa shape index (κ2) is 9.41. The van der Waals surface area contributed by atoms with Crippen molar-refractivity contribution in [2.24, 2.45) is 0 Å². The van der Waals surface area contributed by atoms with Crippen LogP contribution in [0.4, 0.5) is 11.5 Å². The minimum Gasteiger partial charge on any atom is -0.358 e. The number of nitrogens with one attached hydrogen (secondary N) is 2. The zero-order valence-electron chi connectivity index (χ0n) is 16.5. The van der Waals surface area contributed by atoms with E-state index in [1.54, 1.807) is 6.92 Å². The van der Waals surface area contributed by atoms with E-state index in [0.29, 0.717) is 5.69 Å². The molecule has 0 aliphatic carbocycles. The lowest BCUT2D eigenvalue weighted by Crippen LogP contribution is -2.34. The van der Waals surface area contributed by atoms with Gasteiger partial charge in [0.15, 0.2) is 5.82 Å². The second-order valence-corrected chi connectivity index (χ2v) is 6.39. The van der Waals surface area contributed by atoms with Crippen LogP contribution in [0.25, 0.3) is 0 Å². The third-order valence-electron chi connectivity index (χ3n) is 4.15. The number of aromatic nitrogens is 4. The summed E-state index contributed by atoms with van der Waals surface area (Å²) in [5, 5.41) is 33.9. The zero-order chi connectivity index (χ0) is 23.3. The highest BCUT2D eigenvalue weighted by molar-refractivity contribution is 5.94. The number of amides is 2. The Morgan fingerprint density at radius 2 is 1.72 bits per heavy atom. The molecule has 0 spiro atoms. The number of rotatable bonds is 9. The fourth-order valence-corrected chi connectivity index (χ4v) is 2.55. The number of carbonyl (C=O) groups excluding carboxylic acids is 2. The average Bonchev–Trinajstić information content (AvgIpc) is 3.38. The molecule has 2 N–H and O–H groups in total. The van der Waals surface area contributed by atoms with Gasteiger partial charge in [-0.15, -0.1) is 0 Å². The molecule has 0 saturated heterocycles. The molecular formula is C17H16N8O7. The minimum atomic E-state index is -0.670. The molecule has 2 heterocycles. The molecule has 0 aliphatic rings. The van der Waals surface area contributed by atoms with Crippen molar-refractivity contribution in [3.63, 3.8) is 0 Å². The van der Waals surface area contributed by atoms with E-state index in [1.807, 2.05) is 0 Å². The maximum atomic E-state index is 12.1. The van der Waals surface area contributed by atoms with E-state index in [4.69, 9.17) is 4.52 Å². The Balaban J connectivity index is 1.46. The Labute approximate surface area is 178 Å². The van der Waals surface area contributed by atoms with E-state index in [0.717, 1.165) is 0 Å². The summed E-state index contributed by atoms with van der Waals surface area (Å²) >= 11 is 0. The third-order valence-corrected chi connectivity index (χ3v) is 4.15. The molecule has 3 rings (SSSR count). The summed E-state index contributed by atoms with van der Waals surface area (Å²) in [7, 11) is 0. The SMILES string of the molecule is Cc1cc([N+](=O)[O-])nn1Cc1noc(C(=O)NCCNC(=O)c2ccc([N+](=O)[O-])cc2)n1. The standard InChI is InChI=1S/C17H16N8O7/c1-10-8-14(25(30)31)21-23(10)9-13-20-17(32-22-13)16(27)19-7-6-18-15(26)11-2-4-12(5-3-11)24(28)29/h2-5,8H,6-7,9H2,1H3,(H,18,26)(H,19,27). The Morgan fingerprint density at radius 1 is 1.06 bits per heavy atom. The van der Waals surface area contributed by atoms with E-state index in [9.17, 15) is 29.8 Å². The largest absolute Gasteiger partial charge is 0.390 e. The Hall–Kier alpha value is -4.69. The van der Waals surface area contributed by atoms with Crippen molar-refractivity contribution in [1.29, 1.82) is 0 Å². The monoisotopic (exact) mass is 444 g/mol. The molecule has 0 saturated carbocycles. The molecule has 32 heavy (non-hydrogen) atoms. The van der Waals surface area contributed by atoms with Crippen LogP contribution in [0.2, 0.25) is 0 Å². The highest BCUT2D eigenvalue weighted by atomic mass is 16.6. The number of hydrogen-bond acceptors (Lipinski definition) is 10. The maximum Gasteiger partial charge on any atom is 0.390 e. The van der Waals surface area contributed by atoms with Crippen molar-refractivity contribution in [3.05, 3.63) is 73.5 Å². The van der Waals surface area contributed by atoms with E-state index < -0.39 is 21.7 Å². The van der Waals surface area contributed by atoms with Crippen molar-refractivity contribution in [1.82, 2.24) is 30.6 Å². The number of carbonyl (C=O) groups is 2. The first-order valence-electron chi connectivity index (χ1n) is 9.07. The van der Waals surface area contributed by atoms with Crippen LogP contribution in [0.5, 0.6) is 0 Å². The van der Waals surface area contributed by atoms with Crippen molar-refractivity contribution in [2.45, 2.75) is 13.5 Å². The summed E-state index contributed by atoms with van der Waals surface area (Å²) < 4.78 is 6.18. The molecule has 0 aliphatic heterocycles. The smallest absolute Gasteiger partial charge is 0.358 e. The molecule has 15 nitrogen and oxygen atoms in total. The predicted molar refractivity (Wildman–Crippen MR) is 105 cm³/mol. The molecule has 2 amide bonds. The van der Waals surface area contributed by atoms with E-state index in [1.165, 1.54) is 35.0 Å². The van der Waals surface area contributed by atoms with Crippen molar-refractivity contribution in [2.75, 3.05) is 13.1 Å². The van der Waals surface area contributed by atoms with Crippen molar-refractivity contribution in [3.8, 4) is 0 Å². The molecule has 0 fully saturated rings. The average molecular weight is 444 g/mol. The highest BCUT2D eigenvalue weighted by Gasteiger charge is 2.20. The van der Waals surface area contributed by atoms with Crippen LogP contribution in [0.3, 0.4) is 0 Å². The van der Waals surface area contributed by atoms with Crippen LogP contribution in [0.15, 0.2) is 34.9 Å². The molecule has 2 aromatic heterocycles. The van der Waals surface area contributed by atoms with Gasteiger partial charge in [-0.1, -0.05) is 5.16 Å². The topological polar surface area (TPSA) is 201 Å². The first-order valence-corrected chi connectivity index (χ1v) is 9.07. The van der Waals surface area contributed by atoms with Gasteiger partial charge in [-0.3, -0.25) is 19.7 Å². The number of nitrogens with zero attached hydrogens (tertiary/aromatic N) is 6. The molecular weight excluding hydrogens is 428 g/mol. The molecule has 0 unspecified atom stereocenters. The number of non-ortho nitro benzene ring substituents is 1. The van der Waals surface area contributed by atoms with Gasteiger partial charge in [0.2, 0.25) is 0 Å². The fourth-order valence-electron chi connectivity index (χ4n) is 2.55. The minimum absolute atomic E-state index is 0.0260. The van der Waals surface area contributed by atoms with Crippen LogP contribution < -0.4 is 10.6 Å². The first kappa shape index (κ1) is 22.0. The molecule has 3 aromatic rings. The van der Waals surface area contributed by atoms with Gasteiger partial charge in [0.25, 0.3) is 11.6 Å². The lowest BCUT2D eigenvalue weighted by Gasteiger charge is -2.05. The quantitative estimate of drug-likeness (QED) is 0.267. The number of nitro groups is 2. The van der Waals surface area contributed by atoms with Crippen LogP contribution >= 0.6 is 0 Å². The van der Waals surface area contributed by atoms with Crippen LogP contribution in [0, 0.1) is 27.2 Å². The number of aryl methyl sites for hydroxylation is 1. The van der Waals surface area contributed by atoms with Gasteiger partial charge >= 0.3 is 17.6 Å². The van der Waals surface area contributed by atoms with E-state index in [-0.39, 0.29) is 48.4 Å². The highest BCUT2D eigenvalue weighted by Crippen LogP contribution is 2.13. The maximum absolute atomic E-state index is 12.1. The van der Waals surface area contributed by atoms with E-state index >= 15 is 0 Å². The van der Waals surface area contributed by atoms with Gasteiger partial charge in [0.05, 0.1) is 21.8 Å². The van der Waals surface area contributed by atoms with Gasteiger partial charge in [0, 0.05) is 30.8 Å². The van der Waals surface area contributed by atoms with E-state index in [2.05, 4.69) is 25.9 Å². The normalized spacial score (nSPS) is 10.5. The molecule has 1 aromatic carbocycles. The summed E-state index contributed by atoms with van der Waals surface area (Å²) in [6.45, 7) is 1.73. The predicted octanol–water partition coefficient (Wildman–Crippen LogP) is 0.599. The Kier molecular flexibility index (Phi) is 6.47. The van der Waals surface area contributed by atoms with Gasteiger partial charge in [-0.25, -0.2) is 0 Å². The molecule has 0 radical (unpaired) electrons. The molecule has 15 heteroatoms. The first-order chi connectivity index (χ1) is 15.2. The number of benzene rings is 1. The van der Waals surface area contributed by atoms with Gasteiger partial charge in [-0.05, 0) is 24.0 Å². The lowest BCUT2D eigenvalue weighted by atomic mass is 10.2. The van der Waals surface area contributed by atoms with Crippen LogP contribution in [-0.2, 0) is 6.54 Å². The van der Waals surface area contributed by atoms with Crippen LogP contribution in [0.1, 0.15) is 32.6 Å². The second-order valence-electron chi connectivity index (χ2n) is 6.39. The molecule has 166 valence electrons. The number of nitro benzene ring substituents is 1. The van der Waals surface area contributed by atoms with Crippen LogP contribution in [-0.4, -0.2) is 54.7 Å². The van der Waals surface area contributed by atoms with Crippen molar-refractivity contribution >= 4 is 23.3 Å². The fraction of sp³-hybridized carbons (Fsp3) is 0.235. The summed E-state index contributed by atoms with van der Waals surface area (Å²) in [6, 6.07) is 6.36. The van der Waals surface area contributed by atoms with Crippen molar-refractivity contribution < 1.29 is 24.0 Å².